The molecule has 6 heteroatoms. The maximum absolute atomic E-state index is 12.2. The minimum Gasteiger partial charge on any atom is -0.352 e. The second-order valence-electron chi connectivity index (χ2n) is 6.20. The summed E-state index contributed by atoms with van der Waals surface area (Å²) in [6, 6.07) is 17.7. The van der Waals surface area contributed by atoms with E-state index in [-0.39, 0.29) is 11.9 Å². The third-order valence-corrected chi connectivity index (χ3v) is 4.42. The van der Waals surface area contributed by atoms with Gasteiger partial charge >= 0.3 is 0 Å². The average molecular weight is 381 g/mol. The predicted octanol–water partition coefficient (Wildman–Crippen LogP) is 4.28. The maximum atomic E-state index is 12.2. The number of halogens is 1. The lowest BCUT2D eigenvalue weighted by Crippen LogP contribution is -2.26. The van der Waals surface area contributed by atoms with Gasteiger partial charge in [0.25, 0.3) is 5.91 Å². The second-order valence-corrected chi connectivity index (χ2v) is 6.64. The molecule has 1 amide bonds. The van der Waals surface area contributed by atoms with Crippen molar-refractivity contribution in [2.45, 2.75) is 19.4 Å². The molecule has 0 saturated carbocycles. The molecule has 1 atom stereocenters. The fourth-order valence-electron chi connectivity index (χ4n) is 2.61. The highest BCUT2D eigenvalue weighted by Crippen LogP contribution is 2.16. The first-order valence-electron chi connectivity index (χ1n) is 8.78. The normalized spacial score (nSPS) is 11.6. The van der Waals surface area contributed by atoms with E-state index in [1.165, 1.54) is 12.4 Å². The summed E-state index contributed by atoms with van der Waals surface area (Å²) in [5, 5.41) is 6.81. The largest absolute Gasteiger partial charge is 0.352 e. The van der Waals surface area contributed by atoms with Gasteiger partial charge in [-0.2, -0.15) is 0 Å². The second kappa shape index (κ2) is 9.14. The molecule has 0 spiro atoms. The van der Waals surface area contributed by atoms with Crippen molar-refractivity contribution < 1.29 is 4.79 Å². The van der Waals surface area contributed by atoms with Crippen LogP contribution >= 0.6 is 11.6 Å². The summed E-state index contributed by atoms with van der Waals surface area (Å²) in [5.41, 5.74) is 2.69. The smallest absolute Gasteiger partial charge is 0.254 e. The zero-order chi connectivity index (χ0) is 19.1. The molecule has 0 fully saturated rings. The van der Waals surface area contributed by atoms with Crippen LogP contribution in [0.5, 0.6) is 0 Å². The van der Waals surface area contributed by atoms with Crippen LogP contribution in [0.25, 0.3) is 0 Å². The lowest BCUT2D eigenvalue weighted by molar-refractivity contribution is 0.0953. The molecular weight excluding hydrogens is 360 g/mol. The standard InChI is InChI=1S/C21H21ClN4O/c1-15(17-5-3-2-4-6-17)26-21-24-13-18(14-25-21)20(27)23-12-11-16-7-9-19(22)10-8-16/h2-10,13-15H,11-12H2,1H3,(H,23,27)(H,24,25,26). The fraction of sp³-hybridized carbons (Fsp3) is 0.190. The van der Waals surface area contributed by atoms with Crippen LogP contribution in [0, 0.1) is 0 Å². The Morgan fingerprint density at radius 2 is 1.70 bits per heavy atom. The lowest BCUT2D eigenvalue weighted by Gasteiger charge is -2.14. The van der Waals surface area contributed by atoms with Gasteiger partial charge < -0.3 is 10.6 Å². The number of carbonyl (C=O) groups is 1. The molecule has 3 aromatic rings. The van der Waals surface area contributed by atoms with E-state index in [0.29, 0.717) is 23.1 Å². The highest BCUT2D eigenvalue weighted by Gasteiger charge is 2.09. The van der Waals surface area contributed by atoms with Crippen LogP contribution in [0.4, 0.5) is 5.95 Å². The molecule has 2 aromatic carbocycles. The number of benzene rings is 2. The summed E-state index contributed by atoms with van der Waals surface area (Å²) in [6.45, 7) is 2.57. The van der Waals surface area contributed by atoms with Gasteiger partial charge in [-0.1, -0.05) is 54.1 Å². The van der Waals surface area contributed by atoms with Crippen LogP contribution in [0.15, 0.2) is 67.0 Å². The van der Waals surface area contributed by atoms with Crippen molar-refractivity contribution in [3.8, 4) is 0 Å². The molecule has 2 N–H and O–H groups in total. The Labute approximate surface area is 163 Å². The van der Waals surface area contributed by atoms with Gasteiger partial charge in [-0.25, -0.2) is 9.97 Å². The molecular formula is C21H21ClN4O. The van der Waals surface area contributed by atoms with Crippen molar-refractivity contribution in [2.75, 3.05) is 11.9 Å². The average Bonchev–Trinajstić information content (AvgIpc) is 2.70. The molecule has 3 rings (SSSR count). The Morgan fingerprint density at radius 1 is 1.04 bits per heavy atom. The minimum atomic E-state index is -0.188. The Morgan fingerprint density at radius 3 is 2.37 bits per heavy atom. The molecule has 0 aliphatic carbocycles. The Kier molecular flexibility index (Phi) is 6.39. The van der Waals surface area contributed by atoms with Crippen LogP contribution < -0.4 is 10.6 Å². The zero-order valence-corrected chi connectivity index (χ0v) is 15.8. The van der Waals surface area contributed by atoms with Gasteiger partial charge in [0.1, 0.15) is 0 Å². The molecule has 1 unspecified atom stereocenters. The first-order valence-corrected chi connectivity index (χ1v) is 9.16. The minimum absolute atomic E-state index is 0.0743. The summed E-state index contributed by atoms with van der Waals surface area (Å²) >= 11 is 5.87. The molecule has 5 nitrogen and oxygen atoms in total. The number of aromatic nitrogens is 2. The van der Waals surface area contributed by atoms with Gasteiger partial charge in [0.15, 0.2) is 0 Å². The summed E-state index contributed by atoms with van der Waals surface area (Å²) in [5.74, 6) is 0.302. The van der Waals surface area contributed by atoms with Crippen molar-refractivity contribution in [2.24, 2.45) is 0 Å². The summed E-state index contributed by atoms with van der Waals surface area (Å²) < 4.78 is 0. The van der Waals surface area contributed by atoms with E-state index >= 15 is 0 Å². The molecule has 0 aliphatic heterocycles. The van der Waals surface area contributed by atoms with E-state index in [1.807, 2.05) is 61.5 Å². The number of rotatable bonds is 7. The van der Waals surface area contributed by atoms with Crippen molar-refractivity contribution in [3.63, 3.8) is 0 Å². The Balaban J connectivity index is 1.50. The Bertz CT molecular complexity index is 867. The zero-order valence-electron chi connectivity index (χ0n) is 15.0. The first-order chi connectivity index (χ1) is 13.1. The molecule has 0 saturated heterocycles. The molecule has 138 valence electrons. The quantitative estimate of drug-likeness (QED) is 0.642. The summed E-state index contributed by atoms with van der Waals surface area (Å²) in [7, 11) is 0. The summed E-state index contributed by atoms with van der Waals surface area (Å²) in [4.78, 5) is 20.7. The van der Waals surface area contributed by atoms with Crippen LogP contribution in [0.1, 0.15) is 34.5 Å². The molecule has 0 radical (unpaired) electrons. The number of amides is 1. The number of nitrogens with zero attached hydrogens (tertiary/aromatic N) is 2. The molecule has 1 aromatic heterocycles. The van der Waals surface area contributed by atoms with E-state index in [4.69, 9.17) is 11.6 Å². The van der Waals surface area contributed by atoms with Gasteiger partial charge in [0, 0.05) is 24.0 Å². The van der Waals surface area contributed by atoms with E-state index in [0.717, 1.165) is 17.5 Å². The predicted molar refractivity (Wildman–Crippen MR) is 108 cm³/mol. The van der Waals surface area contributed by atoms with Crippen LogP contribution in [-0.2, 0) is 6.42 Å². The van der Waals surface area contributed by atoms with Crippen molar-refractivity contribution in [1.29, 1.82) is 0 Å². The Hall–Kier alpha value is -2.92. The monoisotopic (exact) mass is 380 g/mol. The van der Waals surface area contributed by atoms with Crippen molar-refractivity contribution >= 4 is 23.5 Å². The third-order valence-electron chi connectivity index (χ3n) is 4.17. The van der Waals surface area contributed by atoms with E-state index in [9.17, 15) is 4.79 Å². The number of carbonyl (C=O) groups excluding carboxylic acids is 1. The fourth-order valence-corrected chi connectivity index (χ4v) is 2.74. The maximum Gasteiger partial charge on any atom is 0.254 e. The SMILES string of the molecule is CC(Nc1ncc(C(=O)NCCc2ccc(Cl)cc2)cn1)c1ccccc1. The molecule has 27 heavy (non-hydrogen) atoms. The topological polar surface area (TPSA) is 66.9 Å². The van der Waals surface area contributed by atoms with Gasteiger partial charge in [0.05, 0.1) is 11.6 Å². The van der Waals surface area contributed by atoms with Crippen LogP contribution in [0.2, 0.25) is 5.02 Å². The molecule has 1 heterocycles. The van der Waals surface area contributed by atoms with Crippen LogP contribution in [0.3, 0.4) is 0 Å². The number of hydrogen-bond donors (Lipinski definition) is 2. The van der Waals surface area contributed by atoms with Crippen molar-refractivity contribution in [3.05, 3.63) is 88.7 Å². The first kappa shape index (κ1) is 18.9. The molecule has 0 bridgehead atoms. The lowest BCUT2D eigenvalue weighted by atomic mass is 10.1. The van der Waals surface area contributed by atoms with E-state index in [1.54, 1.807) is 0 Å². The van der Waals surface area contributed by atoms with Gasteiger partial charge in [0.2, 0.25) is 5.95 Å². The number of hydrogen-bond acceptors (Lipinski definition) is 4. The van der Waals surface area contributed by atoms with Gasteiger partial charge in [-0.05, 0) is 36.6 Å². The van der Waals surface area contributed by atoms with E-state index < -0.39 is 0 Å². The number of nitrogens with one attached hydrogen (secondary N) is 2. The number of anilines is 1. The van der Waals surface area contributed by atoms with Crippen LogP contribution in [-0.4, -0.2) is 22.4 Å². The summed E-state index contributed by atoms with van der Waals surface area (Å²) in [6.07, 6.45) is 3.80. The highest BCUT2D eigenvalue weighted by atomic mass is 35.5. The third kappa shape index (κ3) is 5.53. The van der Waals surface area contributed by atoms with Gasteiger partial charge in [-0.3, -0.25) is 4.79 Å². The molecule has 0 aliphatic rings. The van der Waals surface area contributed by atoms with Gasteiger partial charge in [-0.15, -0.1) is 0 Å². The highest BCUT2D eigenvalue weighted by molar-refractivity contribution is 6.30. The van der Waals surface area contributed by atoms with Crippen molar-refractivity contribution in [1.82, 2.24) is 15.3 Å². The van der Waals surface area contributed by atoms with E-state index in [2.05, 4.69) is 20.6 Å².